The van der Waals surface area contributed by atoms with E-state index >= 15 is 0 Å². The minimum Gasteiger partial charge on any atom is -0.543 e. The SMILES string of the molecule is CC(C)[Si](Oc1ccc(F)c(F)c1)(C(C)C)C(C)C. The summed E-state index contributed by atoms with van der Waals surface area (Å²) in [5, 5.41) is 0. The van der Waals surface area contributed by atoms with Crippen molar-refractivity contribution in [3.63, 3.8) is 0 Å². The number of halogens is 2. The molecule has 0 bridgehead atoms. The molecule has 1 aromatic rings. The molecule has 0 amide bonds. The first-order valence-corrected chi connectivity index (χ1v) is 8.99. The van der Waals surface area contributed by atoms with Gasteiger partial charge in [-0.3, -0.25) is 0 Å². The van der Waals surface area contributed by atoms with E-state index in [0.29, 0.717) is 22.4 Å². The monoisotopic (exact) mass is 286 g/mol. The fraction of sp³-hybridized carbons (Fsp3) is 0.600. The van der Waals surface area contributed by atoms with Crippen LogP contribution in [0.25, 0.3) is 0 Å². The summed E-state index contributed by atoms with van der Waals surface area (Å²) in [6.07, 6.45) is 0. The summed E-state index contributed by atoms with van der Waals surface area (Å²) in [5.74, 6) is -1.24. The summed E-state index contributed by atoms with van der Waals surface area (Å²) in [4.78, 5) is 0. The highest BCUT2D eigenvalue weighted by Gasteiger charge is 2.47. The molecule has 1 aromatic carbocycles. The lowest BCUT2D eigenvalue weighted by Gasteiger charge is -2.42. The Morgan fingerprint density at radius 1 is 0.842 bits per heavy atom. The van der Waals surface area contributed by atoms with Gasteiger partial charge in [-0.25, -0.2) is 8.78 Å². The summed E-state index contributed by atoms with van der Waals surface area (Å²) in [6, 6.07) is 3.81. The quantitative estimate of drug-likeness (QED) is 0.648. The smallest absolute Gasteiger partial charge is 0.258 e. The molecule has 1 nitrogen and oxygen atoms in total. The second kappa shape index (κ2) is 6.03. The molecule has 1 rings (SSSR count). The lowest BCUT2D eigenvalue weighted by molar-refractivity contribution is 0.462. The van der Waals surface area contributed by atoms with Crippen LogP contribution in [0.4, 0.5) is 8.78 Å². The third-order valence-corrected chi connectivity index (χ3v) is 9.90. The van der Waals surface area contributed by atoms with E-state index in [2.05, 4.69) is 41.5 Å². The summed E-state index contributed by atoms with van der Waals surface area (Å²) in [5.41, 5.74) is 1.21. The molecular weight excluding hydrogens is 262 g/mol. The van der Waals surface area contributed by atoms with Gasteiger partial charge in [-0.2, -0.15) is 0 Å². The number of benzene rings is 1. The van der Waals surface area contributed by atoms with Gasteiger partial charge in [0.15, 0.2) is 11.6 Å². The Morgan fingerprint density at radius 2 is 1.32 bits per heavy atom. The van der Waals surface area contributed by atoms with E-state index in [1.807, 2.05) is 0 Å². The first-order chi connectivity index (χ1) is 8.71. The van der Waals surface area contributed by atoms with Crippen LogP contribution in [-0.2, 0) is 0 Å². The Hall–Kier alpha value is -0.903. The summed E-state index contributed by atoms with van der Waals surface area (Å²) in [6.45, 7) is 13.0. The number of hydrogen-bond donors (Lipinski definition) is 0. The zero-order valence-corrected chi connectivity index (χ0v) is 13.6. The molecule has 0 aliphatic heterocycles. The Bertz CT molecular complexity index is 408. The molecular formula is C15H24F2OSi. The average Bonchev–Trinajstić information content (AvgIpc) is 2.29. The maximum absolute atomic E-state index is 13.3. The van der Waals surface area contributed by atoms with Crippen molar-refractivity contribution < 1.29 is 13.2 Å². The van der Waals surface area contributed by atoms with E-state index in [0.717, 1.165) is 12.1 Å². The minimum absolute atomic E-state index is 0.403. The molecule has 0 N–H and O–H groups in total. The van der Waals surface area contributed by atoms with Crippen molar-refractivity contribution in [3.05, 3.63) is 29.8 Å². The lowest BCUT2D eigenvalue weighted by Crippen LogP contribution is -2.50. The molecule has 4 heteroatoms. The van der Waals surface area contributed by atoms with Gasteiger partial charge in [-0.05, 0) is 28.8 Å². The van der Waals surface area contributed by atoms with Crippen LogP contribution >= 0.6 is 0 Å². The Labute approximate surface area is 116 Å². The molecule has 108 valence electrons. The van der Waals surface area contributed by atoms with Gasteiger partial charge in [0.25, 0.3) is 8.32 Å². The molecule has 0 aliphatic carbocycles. The largest absolute Gasteiger partial charge is 0.543 e. The summed E-state index contributed by atoms with van der Waals surface area (Å²) in [7, 11) is -2.10. The van der Waals surface area contributed by atoms with E-state index in [-0.39, 0.29) is 0 Å². The molecule has 0 saturated heterocycles. The van der Waals surface area contributed by atoms with Gasteiger partial charge >= 0.3 is 0 Å². The predicted octanol–water partition coefficient (Wildman–Crippen LogP) is 5.52. The normalized spacial score (nSPS) is 12.6. The standard InChI is InChI=1S/C15H24F2OSi/c1-10(2)19(11(3)4,12(5)6)18-13-7-8-14(16)15(17)9-13/h7-12H,1-6H3. The highest BCUT2D eigenvalue weighted by atomic mass is 28.4. The van der Waals surface area contributed by atoms with Crippen molar-refractivity contribution in [1.82, 2.24) is 0 Å². The second-order valence-electron chi connectivity index (χ2n) is 6.00. The molecule has 0 unspecified atom stereocenters. The molecule has 0 aromatic heterocycles. The van der Waals surface area contributed by atoms with E-state index < -0.39 is 20.0 Å². The number of rotatable bonds is 5. The topological polar surface area (TPSA) is 9.23 Å². The zero-order valence-electron chi connectivity index (χ0n) is 12.6. The van der Waals surface area contributed by atoms with Gasteiger partial charge in [0, 0.05) is 6.07 Å². The van der Waals surface area contributed by atoms with E-state index in [1.54, 1.807) is 0 Å². The van der Waals surface area contributed by atoms with Crippen LogP contribution < -0.4 is 4.43 Å². The molecule has 0 saturated carbocycles. The molecule has 0 radical (unpaired) electrons. The van der Waals surface area contributed by atoms with Gasteiger partial charge in [0.05, 0.1) is 0 Å². The highest BCUT2D eigenvalue weighted by Crippen LogP contribution is 2.42. The fourth-order valence-electron chi connectivity index (χ4n) is 3.10. The van der Waals surface area contributed by atoms with Crippen LogP contribution in [0.15, 0.2) is 18.2 Å². The Balaban J connectivity index is 3.17. The van der Waals surface area contributed by atoms with E-state index in [4.69, 9.17) is 4.43 Å². The van der Waals surface area contributed by atoms with Gasteiger partial charge in [-0.1, -0.05) is 41.5 Å². The predicted molar refractivity (Wildman–Crippen MR) is 78.0 cm³/mol. The Kier molecular flexibility index (Phi) is 5.13. The summed E-state index contributed by atoms with van der Waals surface area (Å²) < 4.78 is 32.6. The Morgan fingerprint density at radius 3 is 1.68 bits per heavy atom. The average molecular weight is 286 g/mol. The maximum Gasteiger partial charge on any atom is 0.258 e. The molecule has 0 spiro atoms. The van der Waals surface area contributed by atoms with Gasteiger partial charge in [0.1, 0.15) is 5.75 Å². The van der Waals surface area contributed by atoms with Gasteiger partial charge in [-0.15, -0.1) is 0 Å². The van der Waals surface area contributed by atoms with Crippen molar-refractivity contribution >= 4 is 8.32 Å². The van der Waals surface area contributed by atoms with Gasteiger partial charge < -0.3 is 4.43 Å². The van der Waals surface area contributed by atoms with Crippen molar-refractivity contribution in [2.45, 2.75) is 58.2 Å². The van der Waals surface area contributed by atoms with Crippen LogP contribution in [0.5, 0.6) is 5.75 Å². The van der Waals surface area contributed by atoms with Crippen LogP contribution in [0.1, 0.15) is 41.5 Å². The van der Waals surface area contributed by atoms with E-state index in [1.165, 1.54) is 6.07 Å². The van der Waals surface area contributed by atoms with Crippen molar-refractivity contribution in [2.75, 3.05) is 0 Å². The molecule has 0 fully saturated rings. The molecule has 0 heterocycles. The second-order valence-corrected chi connectivity index (χ2v) is 11.4. The van der Waals surface area contributed by atoms with Crippen LogP contribution in [-0.4, -0.2) is 8.32 Å². The third-order valence-electron chi connectivity index (χ3n) is 3.89. The van der Waals surface area contributed by atoms with Crippen molar-refractivity contribution in [2.24, 2.45) is 0 Å². The molecule has 19 heavy (non-hydrogen) atoms. The van der Waals surface area contributed by atoms with Crippen molar-refractivity contribution in [1.29, 1.82) is 0 Å². The first kappa shape index (κ1) is 16.2. The first-order valence-electron chi connectivity index (χ1n) is 6.85. The highest BCUT2D eigenvalue weighted by molar-refractivity contribution is 6.78. The van der Waals surface area contributed by atoms with E-state index in [9.17, 15) is 8.78 Å². The minimum atomic E-state index is -2.10. The number of hydrogen-bond acceptors (Lipinski definition) is 1. The fourth-order valence-corrected chi connectivity index (χ4v) is 8.34. The zero-order chi connectivity index (χ0) is 14.8. The lowest BCUT2D eigenvalue weighted by atomic mass is 10.3. The van der Waals surface area contributed by atoms with Gasteiger partial charge in [0.2, 0.25) is 0 Å². The van der Waals surface area contributed by atoms with Crippen LogP contribution in [0.3, 0.4) is 0 Å². The maximum atomic E-state index is 13.3. The van der Waals surface area contributed by atoms with Crippen LogP contribution in [0.2, 0.25) is 16.6 Å². The van der Waals surface area contributed by atoms with Crippen LogP contribution in [0, 0.1) is 11.6 Å². The third kappa shape index (κ3) is 3.16. The molecule has 0 aliphatic rings. The molecule has 0 atom stereocenters. The van der Waals surface area contributed by atoms with Crippen molar-refractivity contribution in [3.8, 4) is 5.75 Å². The summed E-state index contributed by atoms with van der Waals surface area (Å²) >= 11 is 0.